The molecule has 3 rings (SSSR count). The Morgan fingerprint density at radius 3 is 2.44 bits per heavy atom. The molecule has 0 aliphatic heterocycles. The SMILES string of the molecule is CCOc1cc2nc(SCc3c(C)cccc3N(C)C)[nH]c2cc1OCC. The lowest BCUT2D eigenvalue weighted by Crippen LogP contribution is -2.11. The first-order valence-electron chi connectivity index (χ1n) is 9.21. The molecule has 0 bridgehead atoms. The molecule has 1 N–H and O–H groups in total. The topological polar surface area (TPSA) is 50.4 Å². The third kappa shape index (κ3) is 4.33. The molecule has 0 radical (unpaired) electrons. The highest BCUT2D eigenvalue weighted by Gasteiger charge is 2.13. The summed E-state index contributed by atoms with van der Waals surface area (Å²) in [5, 5.41) is 0.897. The van der Waals surface area contributed by atoms with Crippen LogP contribution in [0.2, 0.25) is 0 Å². The van der Waals surface area contributed by atoms with Crippen LogP contribution in [0.1, 0.15) is 25.0 Å². The van der Waals surface area contributed by atoms with E-state index in [1.807, 2.05) is 26.0 Å². The van der Waals surface area contributed by atoms with E-state index in [-0.39, 0.29) is 0 Å². The molecule has 0 saturated heterocycles. The van der Waals surface area contributed by atoms with Crippen molar-refractivity contribution in [2.75, 3.05) is 32.2 Å². The second-order valence-corrected chi connectivity index (χ2v) is 7.44. The summed E-state index contributed by atoms with van der Waals surface area (Å²) in [6.45, 7) is 7.29. The highest BCUT2D eigenvalue weighted by atomic mass is 32.2. The molecule has 1 heterocycles. The van der Waals surface area contributed by atoms with E-state index in [0.717, 1.165) is 33.4 Å². The molecule has 27 heavy (non-hydrogen) atoms. The van der Waals surface area contributed by atoms with Crippen LogP contribution in [0, 0.1) is 6.92 Å². The minimum atomic E-state index is 0.595. The smallest absolute Gasteiger partial charge is 0.166 e. The Labute approximate surface area is 165 Å². The molecule has 0 unspecified atom stereocenters. The molecule has 0 spiro atoms. The molecule has 0 aliphatic rings. The molecule has 0 saturated carbocycles. The standard InChI is InChI=1S/C21H27N3O2S/c1-6-25-19-11-16-17(12-20(19)26-7-2)23-21(22-16)27-13-15-14(3)9-8-10-18(15)24(4)5/h8-12H,6-7,13H2,1-5H3,(H,22,23). The van der Waals surface area contributed by atoms with Crippen LogP contribution in [0.5, 0.6) is 11.5 Å². The number of nitrogens with zero attached hydrogens (tertiary/aromatic N) is 2. The molecule has 0 fully saturated rings. The van der Waals surface area contributed by atoms with Crippen LogP contribution in [0.3, 0.4) is 0 Å². The average Bonchev–Trinajstić information content (AvgIpc) is 3.02. The van der Waals surface area contributed by atoms with Crippen molar-refractivity contribution in [3.05, 3.63) is 41.5 Å². The number of benzene rings is 2. The van der Waals surface area contributed by atoms with E-state index in [2.05, 4.69) is 49.1 Å². The van der Waals surface area contributed by atoms with E-state index in [4.69, 9.17) is 14.5 Å². The van der Waals surface area contributed by atoms with E-state index >= 15 is 0 Å². The molecule has 2 aromatic carbocycles. The summed E-state index contributed by atoms with van der Waals surface area (Å²) in [4.78, 5) is 10.3. The largest absolute Gasteiger partial charge is 0.490 e. The zero-order valence-electron chi connectivity index (χ0n) is 16.6. The molecule has 0 amide bonds. The Kier molecular flexibility index (Phi) is 6.16. The van der Waals surface area contributed by atoms with Crippen molar-refractivity contribution < 1.29 is 9.47 Å². The fourth-order valence-corrected chi connectivity index (χ4v) is 4.04. The summed E-state index contributed by atoms with van der Waals surface area (Å²) < 4.78 is 11.4. The Morgan fingerprint density at radius 2 is 1.78 bits per heavy atom. The first-order valence-corrected chi connectivity index (χ1v) is 10.2. The number of ether oxygens (including phenoxy) is 2. The molecule has 5 nitrogen and oxygen atoms in total. The van der Waals surface area contributed by atoms with Gasteiger partial charge in [0.15, 0.2) is 16.7 Å². The minimum absolute atomic E-state index is 0.595. The van der Waals surface area contributed by atoms with Crippen LogP contribution in [0.4, 0.5) is 5.69 Å². The Hall–Kier alpha value is -2.34. The van der Waals surface area contributed by atoms with Crippen molar-refractivity contribution in [3.8, 4) is 11.5 Å². The monoisotopic (exact) mass is 385 g/mol. The Balaban J connectivity index is 1.86. The predicted octanol–water partition coefficient (Wildman–Crippen LogP) is 5.03. The molecule has 0 aliphatic carbocycles. The molecule has 144 valence electrons. The number of imidazole rings is 1. The number of aromatic nitrogens is 2. The summed E-state index contributed by atoms with van der Waals surface area (Å²) in [5.74, 6) is 2.35. The van der Waals surface area contributed by atoms with Gasteiger partial charge in [-0.1, -0.05) is 23.9 Å². The van der Waals surface area contributed by atoms with E-state index in [1.165, 1.54) is 16.8 Å². The van der Waals surface area contributed by atoms with Crippen molar-refractivity contribution in [1.82, 2.24) is 9.97 Å². The van der Waals surface area contributed by atoms with Gasteiger partial charge in [-0.3, -0.25) is 0 Å². The molecule has 6 heteroatoms. The zero-order chi connectivity index (χ0) is 19.4. The van der Waals surface area contributed by atoms with E-state index < -0.39 is 0 Å². The lowest BCUT2D eigenvalue weighted by Gasteiger charge is -2.18. The van der Waals surface area contributed by atoms with E-state index in [9.17, 15) is 0 Å². The quantitative estimate of drug-likeness (QED) is 0.551. The summed E-state index contributed by atoms with van der Waals surface area (Å²) in [5.41, 5.74) is 5.72. The van der Waals surface area contributed by atoms with Crippen molar-refractivity contribution in [1.29, 1.82) is 0 Å². The van der Waals surface area contributed by atoms with E-state index in [0.29, 0.717) is 13.2 Å². The summed E-state index contributed by atoms with van der Waals surface area (Å²) in [6.07, 6.45) is 0. The van der Waals surface area contributed by atoms with Crippen molar-refractivity contribution >= 4 is 28.5 Å². The van der Waals surface area contributed by atoms with Gasteiger partial charge in [0.2, 0.25) is 0 Å². The van der Waals surface area contributed by atoms with Gasteiger partial charge in [0.05, 0.1) is 24.2 Å². The van der Waals surface area contributed by atoms with Gasteiger partial charge in [-0.2, -0.15) is 0 Å². The van der Waals surface area contributed by atoms with Crippen molar-refractivity contribution in [3.63, 3.8) is 0 Å². The fourth-order valence-electron chi connectivity index (χ4n) is 3.03. The molecular weight excluding hydrogens is 358 g/mol. The second-order valence-electron chi connectivity index (χ2n) is 6.48. The van der Waals surface area contributed by atoms with Gasteiger partial charge in [0, 0.05) is 37.7 Å². The summed E-state index contributed by atoms with van der Waals surface area (Å²) in [6, 6.07) is 10.3. The number of thioether (sulfide) groups is 1. The van der Waals surface area contributed by atoms with Crippen LogP contribution in [0.25, 0.3) is 11.0 Å². The highest BCUT2D eigenvalue weighted by Crippen LogP contribution is 2.34. The number of H-pyrrole nitrogens is 1. The van der Waals surface area contributed by atoms with Gasteiger partial charge in [-0.15, -0.1) is 0 Å². The predicted molar refractivity (Wildman–Crippen MR) is 113 cm³/mol. The summed E-state index contributed by atoms with van der Waals surface area (Å²) in [7, 11) is 4.16. The molecule has 0 atom stereocenters. The maximum absolute atomic E-state index is 5.71. The highest BCUT2D eigenvalue weighted by molar-refractivity contribution is 7.98. The molecule has 1 aromatic heterocycles. The van der Waals surface area contributed by atoms with Gasteiger partial charge in [-0.25, -0.2) is 4.98 Å². The lowest BCUT2D eigenvalue weighted by atomic mass is 10.1. The number of aryl methyl sites for hydroxylation is 1. The minimum Gasteiger partial charge on any atom is -0.490 e. The van der Waals surface area contributed by atoms with Crippen LogP contribution in [-0.4, -0.2) is 37.3 Å². The van der Waals surface area contributed by atoms with Gasteiger partial charge in [0.25, 0.3) is 0 Å². The summed E-state index contributed by atoms with van der Waals surface area (Å²) >= 11 is 1.71. The van der Waals surface area contributed by atoms with Crippen molar-refractivity contribution in [2.45, 2.75) is 31.7 Å². The first-order chi connectivity index (χ1) is 13.0. The number of hydrogen-bond donors (Lipinski definition) is 1. The third-order valence-electron chi connectivity index (χ3n) is 4.35. The second kappa shape index (κ2) is 8.57. The average molecular weight is 386 g/mol. The maximum Gasteiger partial charge on any atom is 0.166 e. The lowest BCUT2D eigenvalue weighted by molar-refractivity contribution is 0.288. The Bertz CT molecular complexity index is 878. The van der Waals surface area contributed by atoms with Crippen molar-refractivity contribution in [2.24, 2.45) is 0 Å². The molecular formula is C21H27N3O2S. The Morgan fingerprint density at radius 1 is 1.07 bits per heavy atom. The van der Waals surface area contributed by atoms with Crippen LogP contribution in [0.15, 0.2) is 35.5 Å². The normalized spacial score (nSPS) is 11.0. The van der Waals surface area contributed by atoms with E-state index in [1.54, 1.807) is 11.8 Å². The number of anilines is 1. The molecule has 3 aromatic rings. The zero-order valence-corrected chi connectivity index (χ0v) is 17.4. The van der Waals surface area contributed by atoms with Gasteiger partial charge >= 0.3 is 0 Å². The van der Waals surface area contributed by atoms with Crippen LogP contribution >= 0.6 is 11.8 Å². The van der Waals surface area contributed by atoms with Gasteiger partial charge in [0.1, 0.15) is 0 Å². The van der Waals surface area contributed by atoms with Crippen LogP contribution in [-0.2, 0) is 5.75 Å². The maximum atomic E-state index is 5.71. The number of hydrogen-bond acceptors (Lipinski definition) is 5. The number of rotatable bonds is 8. The van der Waals surface area contributed by atoms with Gasteiger partial charge < -0.3 is 19.4 Å². The number of aromatic amines is 1. The number of fused-ring (bicyclic) bond motifs is 1. The first kappa shape index (κ1) is 19.4. The van der Waals surface area contributed by atoms with Gasteiger partial charge in [-0.05, 0) is 38.0 Å². The third-order valence-corrected chi connectivity index (χ3v) is 5.25. The number of nitrogens with one attached hydrogen (secondary N) is 1. The van der Waals surface area contributed by atoms with Crippen LogP contribution < -0.4 is 14.4 Å². The fraction of sp³-hybridized carbons (Fsp3) is 0.381.